The molecular formula is C3H3BrN2O. The predicted octanol–water partition coefficient (Wildman–Crippen LogP) is 0.251. The van der Waals surface area contributed by atoms with E-state index in [2.05, 4.69) is 20.7 Å². The van der Waals surface area contributed by atoms with Crippen molar-refractivity contribution in [3.05, 3.63) is 5.53 Å². The van der Waals surface area contributed by atoms with E-state index in [1.54, 1.807) is 0 Å². The van der Waals surface area contributed by atoms with Crippen molar-refractivity contribution in [1.82, 2.24) is 0 Å². The molecule has 0 spiro atoms. The summed E-state index contributed by atoms with van der Waals surface area (Å²) in [4.78, 5) is 12.6. The molecular weight excluding hydrogens is 160 g/mol. The van der Waals surface area contributed by atoms with Gasteiger partial charge in [-0.3, -0.25) is 4.79 Å². The molecule has 0 N–H and O–H groups in total. The number of halogens is 1. The quantitative estimate of drug-likeness (QED) is 0.249. The molecule has 0 aromatic carbocycles. The molecule has 0 saturated heterocycles. The van der Waals surface area contributed by atoms with Crippen LogP contribution in [0.3, 0.4) is 0 Å². The zero-order valence-electron chi connectivity index (χ0n) is 3.47. The summed E-state index contributed by atoms with van der Waals surface area (Å²) in [5, 5.41) is 0.205. The van der Waals surface area contributed by atoms with Gasteiger partial charge in [-0.2, -0.15) is 4.79 Å². The topological polar surface area (TPSA) is 53.5 Å². The van der Waals surface area contributed by atoms with Crippen LogP contribution in [0.25, 0.3) is 5.53 Å². The summed E-state index contributed by atoms with van der Waals surface area (Å²) < 4.78 is 0. The van der Waals surface area contributed by atoms with E-state index >= 15 is 0 Å². The largest absolute Gasteiger partial charge is 0.361 e. The first-order chi connectivity index (χ1) is 3.31. The minimum atomic E-state index is -0.248. The molecule has 0 amide bonds. The normalized spacial score (nSPS) is 7.00. The van der Waals surface area contributed by atoms with Gasteiger partial charge in [0.25, 0.3) is 0 Å². The molecule has 0 bridgehead atoms. The molecule has 0 aromatic heterocycles. The summed E-state index contributed by atoms with van der Waals surface area (Å²) >= 11 is 2.86. The van der Waals surface area contributed by atoms with E-state index in [-0.39, 0.29) is 11.1 Å². The lowest BCUT2D eigenvalue weighted by Crippen LogP contribution is -1.99. The fraction of sp³-hybridized carbons (Fsp3) is 0.333. The molecule has 0 aliphatic carbocycles. The van der Waals surface area contributed by atoms with Crippen LogP contribution in [0.5, 0.6) is 0 Å². The number of alkyl halides is 1. The smallest absolute Gasteiger partial charge is 0.324 e. The summed E-state index contributed by atoms with van der Waals surface area (Å²) in [5.41, 5.74) is 7.70. The van der Waals surface area contributed by atoms with Crippen LogP contribution in [0.4, 0.5) is 0 Å². The number of ketones is 1. The van der Waals surface area contributed by atoms with Crippen LogP contribution >= 0.6 is 15.9 Å². The highest BCUT2D eigenvalue weighted by molar-refractivity contribution is 9.09. The van der Waals surface area contributed by atoms with Crippen molar-refractivity contribution in [3.8, 4) is 0 Å². The second-order valence-corrected chi connectivity index (χ2v) is 1.41. The van der Waals surface area contributed by atoms with Crippen LogP contribution in [0.2, 0.25) is 0 Å². The highest BCUT2D eigenvalue weighted by Crippen LogP contribution is 1.75. The maximum Gasteiger partial charge on any atom is 0.324 e. The Morgan fingerprint density at radius 2 is 2.57 bits per heavy atom. The lowest BCUT2D eigenvalue weighted by atomic mass is 10.5. The van der Waals surface area contributed by atoms with E-state index in [0.29, 0.717) is 0 Å². The van der Waals surface area contributed by atoms with Gasteiger partial charge in [-0.05, 0) is 0 Å². The van der Waals surface area contributed by atoms with Gasteiger partial charge in [0.05, 0.1) is 5.33 Å². The van der Waals surface area contributed by atoms with Crippen molar-refractivity contribution in [1.29, 1.82) is 0 Å². The number of hydrogen-bond donors (Lipinski definition) is 0. The molecule has 0 radical (unpaired) electrons. The van der Waals surface area contributed by atoms with E-state index in [4.69, 9.17) is 5.53 Å². The standard InChI is InChI=1S/C3H3BrN2O/c4-1-3(7)2-6-5/h2H,1H2. The lowest BCUT2D eigenvalue weighted by Gasteiger charge is -1.67. The predicted molar refractivity (Wildman–Crippen MR) is 28.5 cm³/mol. The summed E-state index contributed by atoms with van der Waals surface area (Å²) in [5.74, 6) is -0.248. The van der Waals surface area contributed by atoms with Gasteiger partial charge in [-0.15, -0.1) is 0 Å². The Balaban J connectivity index is 3.58. The maximum atomic E-state index is 10.1. The van der Waals surface area contributed by atoms with E-state index in [0.717, 1.165) is 6.21 Å². The van der Waals surface area contributed by atoms with Crippen LogP contribution in [0.1, 0.15) is 0 Å². The molecule has 0 rings (SSSR count). The number of nitrogens with zero attached hydrogens (tertiary/aromatic N) is 2. The molecule has 7 heavy (non-hydrogen) atoms. The van der Waals surface area contributed by atoms with Gasteiger partial charge >= 0.3 is 6.21 Å². The first-order valence-electron chi connectivity index (χ1n) is 1.57. The number of rotatable bonds is 2. The van der Waals surface area contributed by atoms with Gasteiger partial charge in [-0.1, -0.05) is 15.9 Å². The number of Topliss-reactive ketones (excluding diaryl/α,β-unsaturated/α-hetero) is 1. The molecule has 0 unspecified atom stereocenters. The van der Waals surface area contributed by atoms with Crippen molar-refractivity contribution >= 4 is 27.9 Å². The van der Waals surface area contributed by atoms with Crippen molar-refractivity contribution < 1.29 is 9.58 Å². The molecule has 0 saturated carbocycles. The Hall–Kier alpha value is -0.470. The van der Waals surface area contributed by atoms with Crippen LogP contribution in [0.15, 0.2) is 0 Å². The second-order valence-electron chi connectivity index (χ2n) is 0.845. The van der Waals surface area contributed by atoms with E-state index in [1.807, 2.05) is 0 Å². The minimum absolute atomic E-state index is 0.205. The Morgan fingerprint density at radius 1 is 2.00 bits per heavy atom. The Labute approximate surface area is 49.1 Å². The Bertz CT molecular complexity index is 116. The Kier molecular flexibility index (Phi) is 3.46. The van der Waals surface area contributed by atoms with E-state index in [1.165, 1.54) is 0 Å². The third kappa shape index (κ3) is 3.36. The van der Waals surface area contributed by atoms with E-state index in [9.17, 15) is 4.79 Å². The molecule has 0 atom stereocenters. The van der Waals surface area contributed by atoms with E-state index < -0.39 is 0 Å². The average Bonchev–Trinajstić information content (AvgIpc) is 1.68. The zero-order valence-corrected chi connectivity index (χ0v) is 5.05. The number of carbonyl (C=O) groups is 1. The molecule has 4 heteroatoms. The van der Waals surface area contributed by atoms with Gasteiger partial charge in [0.15, 0.2) is 0 Å². The van der Waals surface area contributed by atoms with Crippen molar-refractivity contribution in [2.45, 2.75) is 0 Å². The van der Waals surface area contributed by atoms with Crippen molar-refractivity contribution in [3.63, 3.8) is 0 Å². The molecule has 0 fully saturated rings. The van der Waals surface area contributed by atoms with Crippen LogP contribution < -0.4 is 0 Å². The number of hydrogen-bond acceptors (Lipinski definition) is 1. The summed E-state index contributed by atoms with van der Waals surface area (Å²) in [6.07, 6.45) is 0.842. The number of carbonyl (C=O) groups excluding carboxylic acids is 1. The molecule has 0 aromatic rings. The molecule has 0 heterocycles. The van der Waals surface area contributed by atoms with Crippen LogP contribution in [-0.4, -0.2) is 22.1 Å². The summed E-state index contributed by atoms with van der Waals surface area (Å²) in [6.45, 7) is 0. The monoisotopic (exact) mass is 162 g/mol. The van der Waals surface area contributed by atoms with Crippen molar-refractivity contribution in [2.24, 2.45) is 0 Å². The average molecular weight is 163 g/mol. The highest BCUT2D eigenvalue weighted by atomic mass is 79.9. The second kappa shape index (κ2) is 3.71. The van der Waals surface area contributed by atoms with Crippen LogP contribution in [-0.2, 0) is 4.79 Å². The fourth-order valence-corrected chi connectivity index (χ4v) is 0.244. The van der Waals surface area contributed by atoms with Crippen LogP contribution in [0, 0.1) is 0 Å². The van der Waals surface area contributed by atoms with Gasteiger partial charge in [0.2, 0.25) is 5.78 Å². The molecule has 3 nitrogen and oxygen atoms in total. The SMILES string of the molecule is [N-]=[N+]=CC(=O)CBr. The first-order valence-corrected chi connectivity index (χ1v) is 2.69. The first kappa shape index (κ1) is 6.53. The van der Waals surface area contributed by atoms with Gasteiger partial charge < -0.3 is 5.53 Å². The summed E-state index contributed by atoms with van der Waals surface area (Å²) in [6, 6.07) is 0. The van der Waals surface area contributed by atoms with Gasteiger partial charge in [0.1, 0.15) is 0 Å². The zero-order chi connectivity index (χ0) is 5.70. The fourth-order valence-electron chi connectivity index (χ4n) is 0.0989. The maximum absolute atomic E-state index is 10.1. The van der Waals surface area contributed by atoms with Gasteiger partial charge in [-0.25, -0.2) is 0 Å². The van der Waals surface area contributed by atoms with Gasteiger partial charge in [0, 0.05) is 0 Å². The molecule has 0 aliphatic rings. The molecule has 38 valence electrons. The molecule has 0 aliphatic heterocycles. The van der Waals surface area contributed by atoms with Crippen molar-refractivity contribution in [2.75, 3.05) is 5.33 Å². The summed E-state index contributed by atoms with van der Waals surface area (Å²) in [7, 11) is 0. The highest BCUT2D eigenvalue weighted by Gasteiger charge is 1.94. The Morgan fingerprint density at radius 3 is 2.71 bits per heavy atom. The third-order valence-electron chi connectivity index (χ3n) is 0.333. The third-order valence-corrected chi connectivity index (χ3v) is 0.886. The lowest BCUT2D eigenvalue weighted by molar-refractivity contribution is -0.113. The minimum Gasteiger partial charge on any atom is -0.361 e.